The lowest BCUT2D eigenvalue weighted by atomic mass is 10.1. The maximum Gasteiger partial charge on any atom is 0.327 e. The highest BCUT2D eigenvalue weighted by molar-refractivity contribution is 6.33. The Balaban J connectivity index is 3.28. The molecule has 1 unspecified atom stereocenters. The number of benzene rings is 1. The summed E-state index contributed by atoms with van der Waals surface area (Å²) in [6, 6.07) is 2.73. The van der Waals surface area contributed by atoms with E-state index >= 15 is 0 Å². The van der Waals surface area contributed by atoms with E-state index in [9.17, 15) is 4.79 Å². The van der Waals surface area contributed by atoms with Gasteiger partial charge in [-0.2, -0.15) is 0 Å². The molecular formula is C12H16ClNO4. The van der Waals surface area contributed by atoms with E-state index in [-0.39, 0.29) is 0 Å². The van der Waals surface area contributed by atoms with Crippen LogP contribution in [0.15, 0.2) is 12.1 Å². The zero-order valence-corrected chi connectivity index (χ0v) is 11.5. The summed E-state index contributed by atoms with van der Waals surface area (Å²) in [7, 11) is 5.97. The molecule has 0 aromatic heterocycles. The number of likely N-dealkylation sites (N-methyl/N-ethyl adjacent to an activating group) is 1. The van der Waals surface area contributed by atoms with Crippen molar-refractivity contribution in [3.05, 3.63) is 22.7 Å². The maximum atomic E-state index is 11.6. The minimum absolute atomic E-state index is 0.321. The minimum Gasteiger partial charge on any atom is -0.493 e. The first kappa shape index (κ1) is 14.6. The first-order valence-electron chi connectivity index (χ1n) is 5.26. The van der Waals surface area contributed by atoms with Gasteiger partial charge in [-0.25, -0.2) is 4.79 Å². The predicted molar refractivity (Wildman–Crippen MR) is 68.4 cm³/mol. The van der Waals surface area contributed by atoms with Crippen molar-refractivity contribution in [2.24, 2.45) is 0 Å². The summed E-state index contributed by atoms with van der Waals surface area (Å²) in [6.07, 6.45) is 0. The normalized spacial score (nSPS) is 11.8. The van der Waals surface area contributed by atoms with Crippen LogP contribution in [-0.4, -0.2) is 34.3 Å². The highest BCUT2D eigenvalue weighted by Gasteiger charge is 2.25. The second-order valence-electron chi connectivity index (χ2n) is 3.45. The fourth-order valence-corrected chi connectivity index (χ4v) is 1.99. The number of hydrogen-bond acceptors (Lipinski definition) is 5. The summed E-state index contributed by atoms with van der Waals surface area (Å²) in [6.45, 7) is 0. The number of carbonyl (C=O) groups is 1. The van der Waals surface area contributed by atoms with Crippen molar-refractivity contribution in [1.82, 2.24) is 5.32 Å². The number of carbonyl (C=O) groups excluding carboxylic acids is 1. The summed E-state index contributed by atoms with van der Waals surface area (Å²) >= 11 is 6.21. The van der Waals surface area contributed by atoms with Gasteiger partial charge >= 0.3 is 5.97 Å². The molecule has 0 bridgehead atoms. The fraction of sp³-hybridized carbons (Fsp3) is 0.417. The van der Waals surface area contributed by atoms with E-state index in [1.54, 1.807) is 19.2 Å². The molecule has 1 aromatic rings. The zero-order valence-electron chi connectivity index (χ0n) is 10.7. The van der Waals surface area contributed by atoms with Crippen LogP contribution in [0.3, 0.4) is 0 Å². The van der Waals surface area contributed by atoms with E-state index in [0.29, 0.717) is 22.1 Å². The molecule has 100 valence electrons. The largest absolute Gasteiger partial charge is 0.493 e. The summed E-state index contributed by atoms with van der Waals surface area (Å²) in [5.74, 6) is 0.471. The molecule has 0 spiro atoms. The number of nitrogens with one attached hydrogen (secondary N) is 1. The Labute approximate surface area is 111 Å². The third-order valence-corrected chi connectivity index (χ3v) is 2.94. The van der Waals surface area contributed by atoms with Gasteiger partial charge in [0.25, 0.3) is 0 Å². The average Bonchev–Trinajstić information content (AvgIpc) is 2.40. The van der Waals surface area contributed by atoms with E-state index in [2.05, 4.69) is 5.32 Å². The first-order chi connectivity index (χ1) is 8.60. The number of methoxy groups -OCH3 is 3. The standard InChI is InChI=1S/C12H16ClNO4/c1-14-10(12(15)18-4)7-5-6-8(16-2)11(17-3)9(7)13/h5-6,10,14H,1-4H3. The van der Waals surface area contributed by atoms with Crippen LogP contribution in [0.5, 0.6) is 11.5 Å². The molecule has 0 aliphatic heterocycles. The Morgan fingerprint density at radius 3 is 2.39 bits per heavy atom. The van der Waals surface area contributed by atoms with Crippen molar-refractivity contribution >= 4 is 17.6 Å². The number of ether oxygens (including phenoxy) is 3. The van der Waals surface area contributed by atoms with Crippen LogP contribution in [0.4, 0.5) is 0 Å². The Hall–Kier alpha value is -1.46. The lowest BCUT2D eigenvalue weighted by molar-refractivity contribution is -0.143. The molecule has 1 N–H and O–H groups in total. The topological polar surface area (TPSA) is 56.8 Å². The van der Waals surface area contributed by atoms with Crippen LogP contribution in [0.2, 0.25) is 5.02 Å². The maximum absolute atomic E-state index is 11.6. The summed E-state index contributed by atoms with van der Waals surface area (Å²) in [5.41, 5.74) is 0.573. The van der Waals surface area contributed by atoms with Crippen molar-refractivity contribution in [3.63, 3.8) is 0 Å². The van der Waals surface area contributed by atoms with E-state index in [1.165, 1.54) is 21.3 Å². The van der Waals surface area contributed by atoms with Crippen LogP contribution < -0.4 is 14.8 Å². The SMILES string of the molecule is CNC(C(=O)OC)c1ccc(OC)c(OC)c1Cl. The van der Waals surface area contributed by atoms with Gasteiger partial charge in [0.05, 0.1) is 26.4 Å². The molecule has 18 heavy (non-hydrogen) atoms. The molecule has 0 aliphatic carbocycles. The van der Waals surface area contributed by atoms with Crippen molar-refractivity contribution in [3.8, 4) is 11.5 Å². The minimum atomic E-state index is -0.651. The monoisotopic (exact) mass is 273 g/mol. The van der Waals surface area contributed by atoms with Gasteiger partial charge in [-0.1, -0.05) is 17.7 Å². The second-order valence-corrected chi connectivity index (χ2v) is 3.83. The van der Waals surface area contributed by atoms with E-state index in [4.69, 9.17) is 25.8 Å². The first-order valence-corrected chi connectivity index (χ1v) is 5.63. The van der Waals surface area contributed by atoms with Crippen LogP contribution in [0.1, 0.15) is 11.6 Å². The lowest BCUT2D eigenvalue weighted by Gasteiger charge is -2.18. The van der Waals surface area contributed by atoms with Crippen molar-refractivity contribution in [2.45, 2.75) is 6.04 Å². The molecule has 0 saturated carbocycles. The molecule has 0 fully saturated rings. The Morgan fingerprint density at radius 2 is 1.94 bits per heavy atom. The molecule has 0 radical (unpaired) electrons. The van der Waals surface area contributed by atoms with E-state index in [1.807, 2.05) is 0 Å². The van der Waals surface area contributed by atoms with Crippen LogP contribution in [0, 0.1) is 0 Å². The predicted octanol–water partition coefficient (Wildman–Crippen LogP) is 1.79. The number of halogens is 1. The molecule has 1 rings (SSSR count). The molecule has 6 heteroatoms. The third kappa shape index (κ3) is 2.68. The summed E-state index contributed by atoms with van der Waals surface area (Å²) < 4.78 is 15.0. The molecule has 0 amide bonds. The lowest BCUT2D eigenvalue weighted by Crippen LogP contribution is -2.26. The van der Waals surface area contributed by atoms with Gasteiger partial charge in [-0.15, -0.1) is 0 Å². The van der Waals surface area contributed by atoms with Crippen LogP contribution in [0.25, 0.3) is 0 Å². The molecule has 0 heterocycles. The number of esters is 1. The van der Waals surface area contributed by atoms with Crippen LogP contribution >= 0.6 is 11.6 Å². The molecule has 0 aliphatic rings. The smallest absolute Gasteiger partial charge is 0.327 e. The summed E-state index contributed by atoms with van der Waals surface area (Å²) in [4.78, 5) is 11.6. The second kappa shape index (κ2) is 6.47. The Bertz CT molecular complexity index is 436. The quantitative estimate of drug-likeness (QED) is 0.829. The highest BCUT2D eigenvalue weighted by atomic mass is 35.5. The average molecular weight is 274 g/mol. The molecule has 0 saturated heterocycles. The number of hydrogen-bond donors (Lipinski definition) is 1. The van der Waals surface area contributed by atoms with Gasteiger partial charge in [-0.3, -0.25) is 0 Å². The Kier molecular flexibility index (Phi) is 5.25. The number of rotatable bonds is 5. The van der Waals surface area contributed by atoms with Crippen molar-refractivity contribution in [1.29, 1.82) is 0 Å². The van der Waals surface area contributed by atoms with E-state index < -0.39 is 12.0 Å². The van der Waals surface area contributed by atoms with Gasteiger partial charge in [0.15, 0.2) is 11.5 Å². The van der Waals surface area contributed by atoms with Gasteiger partial charge < -0.3 is 19.5 Å². The molecule has 1 atom stereocenters. The molecular weight excluding hydrogens is 258 g/mol. The van der Waals surface area contributed by atoms with Crippen molar-refractivity contribution < 1.29 is 19.0 Å². The van der Waals surface area contributed by atoms with Gasteiger partial charge in [-0.05, 0) is 13.1 Å². The summed E-state index contributed by atoms with van der Waals surface area (Å²) in [5, 5.41) is 3.16. The third-order valence-electron chi connectivity index (χ3n) is 2.55. The van der Waals surface area contributed by atoms with Crippen LogP contribution in [-0.2, 0) is 9.53 Å². The van der Waals surface area contributed by atoms with Crippen molar-refractivity contribution in [2.75, 3.05) is 28.4 Å². The molecule has 1 aromatic carbocycles. The fourth-order valence-electron chi connectivity index (χ4n) is 1.65. The molecule has 5 nitrogen and oxygen atoms in total. The Morgan fingerprint density at radius 1 is 1.28 bits per heavy atom. The highest BCUT2D eigenvalue weighted by Crippen LogP contribution is 2.39. The van der Waals surface area contributed by atoms with Gasteiger partial charge in [0.2, 0.25) is 0 Å². The van der Waals surface area contributed by atoms with Gasteiger partial charge in [0, 0.05) is 5.56 Å². The zero-order chi connectivity index (χ0) is 13.7. The van der Waals surface area contributed by atoms with E-state index in [0.717, 1.165) is 0 Å². The van der Waals surface area contributed by atoms with Gasteiger partial charge in [0.1, 0.15) is 6.04 Å².